The summed E-state index contributed by atoms with van der Waals surface area (Å²) in [5, 5.41) is 6.80. The van der Waals surface area contributed by atoms with Crippen molar-refractivity contribution >= 4 is 0 Å². The van der Waals surface area contributed by atoms with Gasteiger partial charge in [-0.15, -0.1) is 0 Å². The summed E-state index contributed by atoms with van der Waals surface area (Å²) < 4.78 is 21.9. The molecule has 8 heteroatoms. The van der Waals surface area contributed by atoms with Crippen LogP contribution in [0.2, 0.25) is 0 Å². The Hall–Kier alpha value is -3.68. The Morgan fingerprint density at radius 1 is 1.23 bits per heavy atom. The first-order valence-corrected chi connectivity index (χ1v) is 9.65. The molecule has 0 aliphatic rings. The number of aromatic nitrogens is 5. The van der Waals surface area contributed by atoms with Crippen LogP contribution in [0.3, 0.4) is 0 Å². The second-order valence-corrected chi connectivity index (χ2v) is 6.93. The zero-order chi connectivity index (χ0) is 21.3. The summed E-state index contributed by atoms with van der Waals surface area (Å²) in [6.45, 7) is 3.90. The number of imidazole rings is 1. The molecule has 0 aliphatic carbocycles. The van der Waals surface area contributed by atoms with Crippen LogP contribution in [0.5, 0.6) is 5.75 Å². The van der Waals surface area contributed by atoms with Gasteiger partial charge in [0.25, 0.3) is 0 Å². The summed E-state index contributed by atoms with van der Waals surface area (Å²) in [5.74, 6) is 0.259. The fraction of sp³-hybridized carbons (Fsp3) is 0.227. The lowest BCUT2D eigenvalue weighted by atomic mass is 10.1. The van der Waals surface area contributed by atoms with Gasteiger partial charge in [0.1, 0.15) is 5.82 Å². The van der Waals surface area contributed by atoms with Crippen molar-refractivity contribution in [2.45, 2.75) is 26.3 Å². The summed E-state index contributed by atoms with van der Waals surface area (Å²) in [4.78, 5) is 17.8. The van der Waals surface area contributed by atoms with Crippen molar-refractivity contribution in [3.8, 4) is 22.7 Å². The van der Waals surface area contributed by atoms with E-state index in [1.54, 1.807) is 35.3 Å². The Morgan fingerprint density at radius 2 is 2.07 bits per heavy atom. The third kappa shape index (κ3) is 3.41. The highest BCUT2D eigenvalue weighted by molar-refractivity contribution is 5.65. The minimum Gasteiger partial charge on any atom is -0.494 e. The third-order valence-electron chi connectivity index (χ3n) is 5.23. The predicted octanol–water partition coefficient (Wildman–Crippen LogP) is 3.74. The van der Waals surface area contributed by atoms with Crippen molar-refractivity contribution < 1.29 is 9.13 Å². The third-order valence-corrected chi connectivity index (χ3v) is 5.23. The number of aryl methyl sites for hydroxylation is 1. The minimum absolute atomic E-state index is 0.149. The number of halogens is 1. The highest BCUT2D eigenvalue weighted by Gasteiger charge is 2.17. The SMILES string of the molecule is CCc1nc(-n2ccn(C(C)c3ccc(F)c(OC)c3)c2=O)ccc1-c1cn[nH]c1. The Bertz CT molecular complexity index is 1230. The molecule has 4 rings (SSSR count). The predicted molar refractivity (Wildman–Crippen MR) is 112 cm³/mol. The molecule has 1 atom stereocenters. The molecule has 1 N–H and O–H groups in total. The fourth-order valence-electron chi connectivity index (χ4n) is 3.51. The number of methoxy groups -OCH3 is 1. The lowest BCUT2D eigenvalue weighted by Crippen LogP contribution is -2.26. The summed E-state index contributed by atoms with van der Waals surface area (Å²) in [6.07, 6.45) is 7.68. The Balaban J connectivity index is 1.71. The number of H-pyrrole nitrogens is 1. The fourth-order valence-corrected chi connectivity index (χ4v) is 3.51. The summed E-state index contributed by atoms with van der Waals surface area (Å²) in [7, 11) is 1.42. The molecule has 4 aromatic rings. The van der Waals surface area contributed by atoms with Crippen LogP contribution in [0, 0.1) is 5.82 Å². The Kier molecular flexibility index (Phi) is 5.22. The molecule has 0 saturated heterocycles. The van der Waals surface area contributed by atoms with Gasteiger partial charge >= 0.3 is 5.69 Å². The van der Waals surface area contributed by atoms with Gasteiger partial charge in [-0.1, -0.05) is 13.0 Å². The number of hydrogen-bond acceptors (Lipinski definition) is 4. The second-order valence-electron chi connectivity index (χ2n) is 6.93. The van der Waals surface area contributed by atoms with Crippen molar-refractivity contribution in [1.29, 1.82) is 0 Å². The van der Waals surface area contributed by atoms with E-state index in [-0.39, 0.29) is 17.5 Å². The van der Waals surface area contributed by atoms with Crippen LogP contribution < -0.4 is 10.4 Å². The van der Waals surface area contributed by atoms with E-state index in [9.17, 15) is 9.18 Å². The average molecular weight is 407 g/mol. The minimum atomic E-state index is -0.438. The largest absolute Gasteiger partial charge is 0.494 e. The summed E-state index contributed by atoms with van der Waals surface area (Å²) >= 11 is 0. The van der Waals surface area contributed by atoms with Gasteiger partial charge in [0, 0.05) is 29.7 Å². The quantitative estimate of drug-likeness (QED) is 0.528. The Morgan fingerprint density at radius 3 is 2.77 bits per heavy atom. The van der Waals surface area contributed by atoms with Gasteiger partial charge in [0.05, 0.1) is 25.0 Å². The number of pyridine rings is 1. The van der Waals surface area contributed by atoms with Crippen LogP contribution in [0.4, 0.5) is 4.39 Å². The molecule has 0 fully saturated rings. The van der Waals surface area contributed by atoms with E-state index < -0.39 is 5.82 Å². The van der Waals surface area contributed by atoms with Crippen molar-refractivity contribution in [2.75, 3.05) is 7.11 Å². The first kappa shape index (κ1) is 19.6. The van der Waals surface area contributed by atoms with Crippen LogP contribution in [0.15, 0.2) is 59.9 Å². The van der Waals surface area contributed by atoms with Crippen LogP contribution in [-0.2, 0) is 6.42 Å². The lowest BCUT2D eigenvalue weighted by Gasteiger charge is -2.14. The van der Waals surface area contributed by atoms with Gasteiger partial charge in [-0.05, 0) is 43.2 Å². The molecule has 7 nitrogen and oxygen atoms in total. The average Bonchev–Trinajstić information content (AvgIpc) is 3.43. The molecular formula is C22H22FN5O2. The van der Waals surface area contributed by atoms with Crippen molar-refractivity contribution in [1.82, 2.24) is 24.3 Å². The van der Waals surface area contributed by atoms with E-state index in [1.165, 1.54) is 17.7 Å². The maximum Gasteiger partial charge on any atom is 0.334 e. The van der Waals surface area contributed by atoms with E-state index in [0.29, 0.717) is 5.82 Å². The standard InChI is InChI=1S/C22H22FN5O2/c1-4-19-17(16-12-24-25-13-16)6-8-21(26-19)28-10-9-27(22(28)29)14(2)15-5-7-18(23)20(11-15)30-3/h5-14H,4H2,1-3H3,(H,24,25). The number of nitrogens with zero attached hydrogens (tertiary/aromatic N) is 4. The number of nitrogens with one attached hydrogen (secondary N) is 1. The van der Waals surface area contributed by atoms with Gasteiger partial charge < -0.3 is 4.74 Å². The van der Waals surface area contributed by atoms with Gasteiger partial charge in [0.15, 0.2) is 11.6 Å². The highest BCUT2D eigenvalue weighted by atomic mass is 19.1. The number of ether oxygens (including phenoxy) is 1. The Labute approximate surface area is 172 Å². The maximum atomic E-state index is 13.7. The topological polar surface area (TPSA) is 77.7 Å². The van der Waals surface area contributed by atoms with Crippen molar-refractivity contribution in [3.05, 3.63) is 82.7 Å². The number of hydrogen-bond donors (Lipinski definition) is 1. The van der Waals surface area contributed by atoms with Crippen LogP contribution >= 0.6 is 0 Å². The highest BCUT2D eigenvalue weighted by Crippen LogP contribution is 2.25. The van der Waals surface area contributed by atoms with Gasteiger partial charge in [-0.3, -0.25) is 14.2 Å². The molecule has 154 valence electrons. The smallest absolute Gasteiger partial charge is 0.334 e. The van der Waals surface area contributed by atoms with E-state index in [1.807, 2.05) is 32.2 Å². The van der Waals surface area contributed by atoms with E-state index in [2.05, 4.69) is 10.2 Å². The maximum absolute atomic E-state index is 13.7. The zero-order valence-electron chi connectivity index (χ0n) is 17.0. The van der Waals surface area contributed by atoms with Crippen LogP contribution in [-0.4, -0.2) is 31.4 Å². The van der Waals surface area contributed by atoms with Gasteiger partial charge in [-0.2, -0.15) is 5.10 Å². The van der Waals surface area contributed by atoms with Crippen molar-refractivity contribution in [3.63, 3.8) is 0 Å². The number of benzene rings is 1. The molecule has 1 aromatic carbocycles. The molecule has 3 heterocycles. The first-order valence-electron chi connectivity index (χ1n) is 9.65. The molecule has 0 aliphatic heterocycles. The molecule has 0 saturated carbocycles. The normalized spacial score (nSPS) is 12.1. The molecular weight excluding hydrogens is 385 g/mol. The summed E-state index contributed by atoms with van der Waals surface area (Å²) in [5.41, 5.74) is 3.36. The monoisotopic (exact) mass is 407 g/mol. The molecule has 30 heavy (non-hydrogen) atoms. The first-order chi connectivity index (χ1) is 14.5. The van der Waals surface area contributed by atoms with E-state index in [0.717, 1.165) is 28.8 Å². The molecule has 1 unspecified atom stereocenters. The molecule has 0 bridgehead atoms. The van der Waals surface area contributed by atoms with Crippen molar-refractivity contribution in [2.24, 2.45) is 0 Å². The van der Waals surface area contributed by atoms with Crippen LogP contribution in [0.1, 0.15) is 31.1 Å². The molecule has 0 radical (unpaired) electrons. The molecule has 0 amide bonds. The van der Waals surface area contributed by atoms with E-state index in [4.69, 9.17) is 9.72 Å². The number of rotatable bonds is 6. The molecule has 0 spiro atoms. The number of aromatic amines is 1. The zero-order valence-corrected chi connectivity index (χ0v) is 17.0. The van der Waals surface area contributed by atoms with Gasteiger partial charge in [0.2, 0.25) is 0 Å². The van der Waals surface area contributed by atoms with Gasteiger partial charge in [-0.25, -0.2) is 14.2 Å². The second kappa shape index (κ2) is 7.98. The summed E-state index contributed by atoms with van der Waals surface area (Å²) in [6, 6.07) is 8.07. The lowest BCUT2D eigenvalue weighted by molar-refractivity contribution is 0.385. The van der Waals surface area contributed by atoms with E-state index >= 15 is 0 Å². The van der Waals surface area contributed by atoms with Crippen LogP contribution in [0.25, 0.3) is 16.9 Å². The molecule has 3 aromatic heterocycles.